The predicted molar refractivity (Wildman–Crippen MR) is 80.5 cm³/mol. The van der Waals surface area contributed by atoms with Crippen molar-refractivity contribution in [2.45, 2.75) is 26.2 Å². The Morgan fingerprint density at radius 3 is 2.55 bits per heavy atom. The molecule has 1 heterocycles. The van der Waals surface area contributed by atoms with Crippen molar-refractivity contribution >= 4 is 28.1 Å². The van der Waals surface area contributed by atoms with Gasteiger partial charge in [-0.3, -0.25) is 0 Å². The average molecular weight is 268 g/mol. The van der Waals surface area contributed by atoms with E-state index in [0.29, 0.717) is 5.56 Å². The summed E-state index contributed by atoms with van der Waals surface area (Å²) in [5.74, 6) is -0.883. The maximum atomic E-state index is 11.1. The van der Waals surface area contributed by atoms with E-state index in [-0.39, 0.29) is 5.41 Å². The molecule has 0 aliphatic carbocycles. The molecule has 0 unspecified atom stereocenters. The van der Waals surface area contributed by atoms with Gasteiger partial charge in [-0.05, 0) is 42.8 Å². The Bertz CT molecular complexity index is 785. The number of hydrogen-bond donors (Lipinski definition) is 1. The molecule has 3 rings (SSSR count). The summed E-state index contributed by atoms with van der Waals surface area (Å²) in [6, 6.07) is 9.47. The molecule has 102 valence electrons. The zero-order valence-electron chi connectivity index (χ0n) is 12.2. The minimum Gasteiger partial charge on any atom is -0.478 e. The second-order valence-electron chi connectivity index (χ2n) is 5.97. The smallest absolute Gasteiger partial charge is 0.335 e. The van der Waals surface area contributed by atoms with Gasteiger partial charge in [0.15, 0.2) is 5.71 Å². The first-order chi connectivity index (χ1) is 9.34. The van der Waals surface area contributed by atoms with Crippen molar-refractivity contribution in [1.82, 2.24) is 0 Å². The van der Waals surface area contributed by atoms with E-state index in [2.05, 4.69) is 38.5 Å². The van der Waals surface area contributed by atoms with E-state index in [0.717, 1.165) is 10.8 Å². The second-order valence-corrected chi connectivity index (χ2v) is 5.97. The summed E-state index contributed by atoms with van der Waals surface area (Å²) in [5.41, 5.74) is 4.11. The summed E-state index contributed by atoms with van der Waals surface area (Å²) < 4.78 is 2.22. The fourth-order valence-corrected chi connectivity index (χ4v) is 3.17. The van der Waals surface area contributed by atoms with Crippen LogP contribution in [0, 0.1) is 0 Å². The van der Waals surface area contributed by atoms with Gasteiger partial charge < -0.3 is 5.11 Å². The van der Waals surface area contributed by atoms with E-state index in [1.165, 1.54) is 17.0 Å². The van der Waals surface area contributed by atoms with E-state index in [9.17, 15) is 4.79 Å². The van der Waals surface area contributed by atoms with Gasteiger partial charge in [0.1, 0.15) is 7.05 Å². The van der Waals surface area contributed by atoms with E-state index in [1.54, 1.807) is 12.1 Å². The van der Waals surface area contributed by atoms with Gasteiger partial charge in [0, 0.05) is 18.6 Å². The van der Waals surface area contributed by atoms with Crippen LogP contribution in [-0.4, -0.2) is 28.4 Å². The van der Waals surface area contributed by atoms with Gasteiger partial charge in [-0.1, -0.05) is 6.07 Å². The van der Waals surface area contributed by atoms with E-state index in [4.69, 9.17) is 5.11 Å². The summed E-state index contributed by atoms with van der Waals surface area (Å²) in [6.45, 7) is 6.59. The Kier molecular flexibility index (Phi) is 2.52. The maximum absolute atomic E-state index is 11.1. The van der Waals surface area contributed by atoms with Crippen molar-refractivity contribution in [2.75, 3.05) is 7.05 Å². The number of aromatic carboxylic acids is 1. The molecule has 3 nitrogen and oxygen atoms in total. The number of hydrogen-bond acceptors (Lipinski definition) is 1. The van der Waals surface area contributed by atoms with Crippen LogP contribution in [0.25, 0.3) is 10.8 Å². The fraction of sp³-hybridized carbons (Fsp3) is 0.294. The van der Waals surface area contributed by atoms with Crippen molar-refractivity contribution in [3.8, 4) is 0 Å². The normalized spacial score (nSPS) is 16.6. The van der Waals surface area contributed by atoms with Gasteiger partial charge in [0.25, 0.3) is 0 Å². The molecule has 0 bridgehead atoms. The number of carboxylic acid groups (broad SMARTS) is 1. The monoisotopic (exact) mass is 268 g/mol. The molecule has 2 aromatic rings. The predicted octanol–water partition coefficient (Wildman–Crippen LogP) is 3.56. The molecule has 1 aliphatic heterocycles. The minimum absolute atomic E-state index is 0.0334. The van der Waals surface area contributed by atoms with Crippen molar-refractivity contribution in [1.29, 1.82) is 0 Å². The lowest BCUT2D eigenvalue weighted by atomic mass is 9.79. The number of nitrogens with zero attached hydrogens (tertiary/aromatic N) is 1. The first-order valence-electron chi connectivity index (χ1n) is 6.72. The molecule has 0 amide bonds. The molecule has 1 aliphatic rings. The number of benzene rings is 2. The highest BCUT2D eigenvalue weighted by Crippen LogP contribution is 2.43. The van der Waals surface area contributed by atoms with Crippen LogP contribution in [0.5, 0.6) is 0 Å². The van der Waals surface area contributed by atoms with Gasteiger partial charge in [-0.15, -0.1) is 0 Å². The molecule has 20 heavy (non-hydrogen) atoms. The standard InChI is InChI=1S/C17H17NO2/c1-10-17(2,3)15-13-7-5-12(16(19)20)9-11(13)6-8-14(15)18(10)4/h5-9H,1-4H3/p+1. The van der Waals surface area contributed by atoms with Crippen molar-refractivity contribution in [3.63, 3.8) is 0 Å². The summed E-state index contributed by atoms with van der Waals surface area (Å²) in [4.78, 5) is 11.1. The molecular weight excluding hydrogens is 250 g/mol. The lowest BCUT2D eigenvalue weighted by Crippen LogP contribution is -2.25. The minimum atomic E-state index is -0.883. The largest absolute Gasteiger partial charge is 0.478 e. The molecular formula is C17H18NO2+. The highest BCUT2D eigenvalue weighted by molar-refractivity contribution is 6.03. The fourth-order valence-electron chi connectivity index (χ4n) is 3.17. The Morgan fingerprint density at radius 2 is 1.90 bits per heavy atom. The molecule has 0 atom stereocenters. The SMILES string of the molecule is CC1=[N+](C)c2ccc3cc(C(=O)O)ccc3c2C1(C)C. The maximum Gasteiger partial charge on any atom is 0.335 e. The number of carbonyl (C=O) groups is 1. The molecule has 3 heteroatoms. The van der Waals surface area contributed by atoms with Gasteiger partial charge in [-0.25, -0.2) is 9.37 Å². The van der Waals surface area contributed by atoms with Crippen LogP contribution < -0.4 is 0 Å². The zero-order valence-corrected chi connectivity index (χ0v) is 12.2. The zero-order chi connectivity index (χ0) is 14.7. The van der Waals surface area contributed by atoms with Gasteiger partial charge >= 0.3 is 5.97 Å². The van der Waals surface area contributed by atoms with Crippen LogP contribution in [0.3, 0.4) is 0 Å². The third-order valence-electron chi connectivity index (χ3n) is 4.64. The molecule has 0 aromatic heterocycles. The highest BCUT2D eigenvalue weighted by atomic mass is 16.4. The molecule has 0 radical (unpaired) electrons. The quantitative estimate of drug-likeness (QED) is 0.803. The summed E-state index contributed by atoms with van der Waals surface area (Å²) >= 11 is 0. The van der Waals surface area contributed by atoms with E-state index in [1.807, 2.05) is 12.1 Å². The highest BCUT2D eigenvalue weighted by Gasteiger charge is 2.42. The Balaban J connectivity index is 2.36. The number of rotatable bonds is 1. The first-order valence-corrected chi connectivity index (χ1v) is 6.72. The number of fused-ring (bicyclic) bond motifs is 3. The molecule has 0 fully saturated rings. The first kappa shape index (κ1) is 12.9. The average Bonchev–Trinajstić information content (AvgIpc) is 2.59. The van der Waals surface area contributed by atoms with E-state index >= 15 is 0 Å². The Hall–Kier alpha value is -2.16. The lowest BCUT2D eigenvalue weighted by molar-refractivity contribution is -0.402. The Morgan fingerprint density at radius 1 is 1.20 bits per heavy atom. The topological polar surface area (TPSA) is 40.3 Å². The van der Waals surface area contributed by atoms with Crippen molar-refractivity contribution in [2.24, 2.45) is 0 Å². The molecule has 0 saturated carbocycles. The van der Waals surface area contributed by atoms with Crippen LogP contribution in [0.1, 0.15) is 36.7 Å². The third-order valence-corrected chi connectivity index (χ3v) is 4.64. The van der Waals surface area contributed by atoms with E-state index < -0.39 is 5.97 Å². The summed E-state index contributed by atoms with van der Waals surface area (Å²) in [6.07, 6.45) is 0. The van der Waals surface area contributed by atoms with Crippen LogP contribution >= 0.6 is 0 Å². The lowest BCUT2D eigenvalue weighted by Gasteiger charge is -2.17. The molecule has 2 aromatic carbocycles. The summed E-state index contributed by atoms with van der Waals surface area (Å²) in [7, 11) is 2.08. The molecule has 1 N–H and O–H groups in total. The van der Waals surface area contributed by atoms with Gasteiger partial charge in [0.2, 0.25) is 5.69 Å². The van der Waals surface area contributed by atoms with Crippen molar-refractivity contribution in [3.05, 3.63) is 41.5 Å². The van der Waals surface area contributed by atoms with Gasteiger partial charge in [-0.2, -0.15) is 0 Å². The van der Waals surface area contributed by atoms with Crippen molar-refractivity contribution < 1.29 is 14.5 Å². The Labute approximate surface area is 118 Å². The molecule has 0 spiro atoms. The van der Waals surface area contributed by atoms with Gasteiger partial charge in [0.05, 0.1) is 11.0 Å². The molecule has 0 saturated heterocycles. The third kappa shape index (κ3) is 1.52. The van der Waals surface area contributed by atoms with Crippen LogP contribution in [0.4, 0.5) is 5.69 Å². The summed E-state index contributed by atoms with van der Waals surface area (Å²) in [5, 5.41) is 11.2. The van der Waals surface area contributed by atoms with Crippen LogP contribution in [0.2, 0.25) is 0 Å². The second kappa shape index (κ2) is 3.92. The van der Waals surface area contributed by atoms with Crippen LogP contribution in [0.15, 0.2) is 30.3 Å². The number of carboxylic acids is 1. The van der Waals surface area contributed by atoms with Crippen LogP contribution in [-0.2, 0) is 5.41 Å².